The van der Waals surface area contributed by atoms with E-state index >= 15 is 0 Å². The Morgan fingerprint density at radius 2 is 0.607 bits per heavy atom. The van der Waals surface area contributed by atoms with E-state index in [9.17, 15) is 57.5 Å². The lowest BCUT2D eigenvalue weighted by atomic mass is 9.91. The molecule has 0 saturated heterocycles. The van der Waals surface area contributed by atoms with E-state index < -0.39 is 69.7 Å². The lowest BCUT2D eigenvalue weighted by Crippen LogP contribution is -2.32. The van der Waals surface area contributed by atoms with Crippen LogP contribution >= 0.6 is 0 Å². The summed E-state index contributed by atoms with van der Waals surface area (Å²) in [5, 5.41) is 37.9. The van der Waals surface area contributed by atoms with Crippen LogP contribution in [0.15, 0.2) is 48.5 Å². The molecule has 0 aliphatic rings. The lowest BCUT2D eigenvalue weighted by Gasteiger charge is -2.20. The number of hydrogen-bond donors (Lipinski definition) is 6. The fourth-order valence-electron chi connectivity index (χ4n) is 8.23. The van der Waals surface area contributed by atoms with Crippen LogP contribution in [-0.2, 0) is 85.7 Å². The third kappa shape index (κ3) is 56.8. The molecule has 2 unspecified atom stereocenters. The van der Waals surface area contributed by atoms with Gasteiger partial charge >= 0.3 is 71.9 Å². The first-order valence-electron chi connectivity index (χ1n) is 38.8. The van der Waals surface area contributed by atoms with Gasteiger partial charge in [-0.1, -0.05) is 118 Å². The van der Waals surface area contributed by atoms with Crippen molar-refractivity contribution in [1.29, 1.82) is 0 Å². The van der Waals surface area contributed by atoms with Gasteiger partial charge < -0.3 is 78.4 Å². The van der Waals surface area contributed by atoms with Gasteiger partial charge in [0.25, 0.3) is 11.9 Å². The fraction of sp³-hybridized carbons (Fsp3) is 0.683. The van der Waals surface area contributed by atoms with Crippen molar-refractivity contribution >= 4 is 83.8 Å². The number of aromatic carboxylic acids is 2. The zero-order valence-electron chi connectivity index (χ0n) is 70.0. The molecule has 0 aliphatic carbocycles. The number of nitrogens with one attached hydrogen (secondary N) is 2. The predicted molar refractivity (Wildman–Crippen MR) is 418 cm³/mol. The zero-order chi connectivity index (χ0) is 86.3. The average Bonchev–Trinajstić information content (AvgIpc) is 0.837. The van der Waals surface area contributed by atoms with E-state index in [1.165, 1.54) is 49.2 Å². The number of alkyl carbamates (subject to hydrolysis) is 2. The van der Waals surface area contributed by atoms with Crippen molar-refractivity contribution in [3.05, 3.63) is 70.8 Å². The van der Waals surface area contributed by atoms with Gasteiger partial charge in [0.15, 0.2) is 0 Å². The molecule has 112 heavy (non-hydrogen) atoms. The van der Waals surface area contributed by atoms with Crippen molar-refractivity contribution in [2.24, 2.45) is 33.5 Å². The van der Waals surface area contributed by atoms with E-state index in [1.54, 1.807) is 39.8 Å². The van der Waals surface area contributed by atoms with Crippen LogP contribution < -0.4 is 10.6 Å². The van der Waals surface area contributed by atoms with Crippen molar-refractivity contribution in [2.45, 2.75) is 253 Å². The smallest absolute Gasteiger partial charge is 0.407 e. The first-order chi connectivity index (χ1) is 52.6. The highest BCUT2D eigenvalue weighted by molar-refractivity contribution is 6.03. The number of unbranched alkanes of at least 4 members (excludes halogenated alkanes) is 6. The number of rotatable bonds is 48. The maximum atomic E-state index is 11.8. The van der Waals surface area contributed by atoms with Gasteiger partial charge in [0.05, 0.1) is 83.4 Å². The molecule has 640 valence electrons. The zero-order valence-corrected chi connectivity index (χ0v) is 70.0. The van der Waals surface area contributed by atoms with Gasteiger partial charge in [0.1, 0.15) is 39.6 Å². The van der Waals surface area contributed by atoms with Crippen LogP contribution in [0.3, 0.4) is 0 Å². The summed E-state index contributed by atoms with van der Waals surface area (Å²) in [5.74, 6) is -6.25. The number of amides is 2. The Bertz CT molecular complexity index is 2880. The second kappa shape index (κ2) is 64.2. The minimum atomic E-state index is -1.20. The van der Waals surface area contributed by atoms with Gasteiger partial charge in [-0.2, -0.15) is 0 Å². The highest BCUT2D eigenvalue weighted by Crippen LogP contribution is 2.25. The van der Waals surface area contributed by atoms with E-state index in [0.29, 0.717) is 89.6 Å². The van der Waals surface area contributed by atoms with Crippen molar-refractivity contribution < 1.29 is 135 Å². The molecule has 2 atom stereocenters. The number of hydrogen-bond acceptors (Lipinski definition) is 24. The highest BCUT2D eigenvalue weighted by atomic mass is 16.6. The number of esters is 8. The van der Waals surface area contributed by atoms with E-state index in [2.05, 4.69) is 38.3 Å². The summed E-state index contributed by atoms with van der Waals surface area (Å²) in [4.78, 5) is 157. The van der Waals surface area contributed by atoms with Crippen LogP contribution in [0.1, 0.15) is 294 Å². The molecule has 2 aromatic carbocycles. The van der Waals surface area contributed by atoms with Gasteiger partial charge in [-0.3, -0.25) is 38.4 Å². The Morgan fingerprint density at radius 3 is 0.866 bits per heavy atom. The number of carbonyl (C=O) groups excluding carboxylic acids is 10. The molecule has 2 amide bonds. The Morgan fingerprint density at radius 1 is 0.339 bits per heavy atom. The van der Waals surface area contributed by atoms with Gasteiger partial charge in [-0.25, -0.2) is 28.8 Å². The van der Waals surface area contributed by atoms with E-state index in [0.717, 1.165) is 78.1 Å². The summed E-state index contributed by atoms with van der Waals surface area (Å²) < 4.78 is 51.1. The van der Waals surface area contributed by atoms with Gasteiger partial charge in [0, 0.05) is 26.7 Å². The van der Waals surface area contributed by atoms with Crippen LogP contribution in [-0.4, -0.2) is 183 Å². The average molecular weight is 1600 g/mol. The number of benzene rings is 2. The van der Waals surface area contributed by atoms with Crippen LogP contribution in [0.5, 0.6) is 0 Å². The summed E-state index contributed by atoms with van der Waals surface area (Å²) in [6.45, 7) is 34.6. The number of carboxylic acid groups (broad SMARTS) is 4. The second-order valence-corrected chi connectivity index (χ2v) is 28.5. The van der Waals surface area contributed by atoms with E-state index in [-0.39, 0.29) is 111 Å². The van der Waals surface area contributed by atoms with Crippen molar-refractivity contribution in [3.63, 3.8) is 0 Å². The quantitative estimate of drug-likeness (QED) is 0.0204. The second-order valence-electron chi connectivity index (χ2n) is 28.5. The predicted octanol–water partition coefficient (Wildman–Crippen LogP) is 15.2. The van der Waals surface area contributed by atoms with Crippen LogP contribution in [0, 0.1) is 33.5 Å². The van der Waals surface area contributed by atoms with Crippen molar-refractivity contribution in [3.8, 4) is 0 Å². The largest absolute Gasteiger partial charge is 0.481 e. The number of carbonyl (C=O) groups is 14. The summed E-state index contributed by atoms with van der Waals surface area (Å²) in [6, 6.07) is 11.5. The van der Waals surface area contributed by atoms with Crippen LogP contribution in [0.25, 0.3) is 0 Å². The lowest BCUT2D eigenvalue weighted by molar-refractivity contribution is -0.155. The highest BCUT2D eigenvalue weighted by Gasteiger charge is 2.30. The fourth-order valence-corrected chi connectivity index (χ4v) is 8.23. The Kier molecular flexibility index (Phi) is 62.4. The molecule has 6 N–H and O–H groups in total. The monoisotopic (exact) mass is 1590 g/mol. The maximum Gasteiger partial charge on any atom is 0.407 e. The summed E-state index contributed by atoms with van der Waals surface area (Å²) in [5.41, 5.74) is -2.52. The molecular formula is C82H134N2O28. The molecule has 0 aliphatic heterocycles. The minimum Gasteiger partial charge on any atom is -0.481 e. The summed E-state index contributed by atoms with van der Waals surface area (Å²) >= 11 is 0. The molecule has 30 nitrogen and oxygen atoms in total. The Balaban J connectivity index is -0.000000676. The molecule has 0 spiro atoms. The number of carboxylic acids is 4. The standard InChI is InChI=1S/2C23H43NO6.2C16H20O6.2C2H4O2/c2*1-6-9-13-19(7-2)18-30-20(25)14-11-10-12-16-29-22(27)24-15-17-28-21(26)23(4,5)8-3;2*1-4-16(2,3)15(20)22-10-9-21-14(19)12-8-6-5-7-11(12)13(17)18;2*1-2(3)4/h2*19H,6-18H2,1-5H3,(H,24,27);2*5-8H,4,9-10H2,1-3H3,(H,17,18);2*1H3,(H,3,4). The van der Waals surface area contributed by atoms with Crippen LogP contribution in [0.4, 0.5) is 9.59 Å². The third-order valence-corrected chi connectivity index (χ3v) is 17.4. The first kappa shape index (κ1) is 109. The van der Waals surface area contributed by atoms with Crippen molar-refractivity contribution in [2.75, 3.05) is 79.2 Å². The van der Waals surface area contributed by atoms with Crippen LogP contribution in [0.2, 0.25) is 0 Å². The van der Waals surface area contributed by atoms with E-state index in [4.69, 9.17) is 77.4 Å². The molecule has 0 saturated carbocycles. The SMILES string of the molecule is CC(=O)O.CC(=O)O.CCC(C)(C)C(=O)OCCOC(=O)c1ccccc1C(=O)O.CCC(C)(C)C(=O)OCCOC(=O)c1ccccc1C(=O)O.CCCCC(CC)COC(=O)CCCCCOC(=O)NCCOC(=O)C(C)(C)CC.CCCCC(CC)COC(=O)CCCCCOC(=O)NCCOC(=O)C(C)(C)CC. The van der Waals surface area contributed by atoms with Gasteiger partial charge in [-0.05, 0) is 169 Å². The van der Waals surface area contributed by atoms with E-state index in [1.807, 2.05) is 55.4 Å². The molecular weight excluding hydrogens is 1460 g/mol. The van der Waals surface area contributed by atoms with Gasteiger partial charge in [0.2, 0.25) is 0 Å². The minimum absolute atomic E-state index is 0.0322. The normalized spacial score (nSPS) is 11.2. The molecule has 2 rings (SSSR count). The Hall–Kier alpha value is -9.38. The molecule has 30 heteroatoms. The van der Waals surface area contributed by atoms with Gasteiger partial charge in [-0.15, -0.1) is 0 Å². The first-order valence-corrected chi connectivity index (χ1v) is 38.8. The molecule has 2 aromatic rings. The number of aliphatic carboxylic acids is 2. The number of ether oxygens (including phenoxy) is 10. The summed E-state index contributed by atoms with van der Waals surface area (Å²) in [6.07, 6.45) is 15.8. The Labute approximate surface area is 663 Å². The third-order valence-electron chi connectivity index (χ3n) is 17.4. The molecule has 0 bridgehead atoms. The maximum absolute atomic E-state index is 11.8. The molecule has 0 aromatic heterocycles. The molecule has 0 heterocycles. The molecule has 0 radical (unpaired) electrons. The topological polar surface area (TPSA) is 436 Å². The summed E-state index contributed by atoms with van der Waals surface area (Å²) in [7, 11) is 0. The molecule has 0 fully saturated rings. The van der Waals surface area contributed by atoms with Crippen molar-refractivity contribution in [1.82, 2.24) is 10.6 Å².